The monoisotopic (exact) mass is 657 g/mol. The molecule has 0 spiro atoms. The van der Waals surface area contributed by atoms with Gasteiger partial charge in [-0.2, -0.15) is 5.26 Å². The second-order valence-electron chi connectivity index (χ2n) is 11.4. The zero-order chi connectivity index (χ0) is 34.4. The van der Waals surface area contributed by atoms with E-state index in [2.05, 4.69) is 43.3 Å². The van der Waals surface area contributed by atoms with Crippen LogP contribution in [0.4, 0.5) is 32.8 Å². The fourth-order valence-corrected chi connectivity index (χ4v) is 4.61. The van der Waals surface area contributed by atoms with Crippen LogP contribution in [0.3, 0.4) is 0 Å². The summed E-state index contributed by atoms with van der Waals surface area (Å²) in [4.78, 5) is 38.8. The van der Waals surface area contributed by atoms with Crippen molar-refractivity contribution in [1.82, 2.24) is 0 Å². The van der Waals surface area contributed by atoms with E-state index in [1.165, 1.54) is 0 Å². The van der Waals surface area contributed by atoms with Crippen LogP contribution in [0.5, 0.6) is 0 Å². The van der Waals surface area contributed by atoms with Crippen LogP contribution in [0.25, 0.3) is 0 Å². The number of amides is 1. The lowest BCUT2D eigenvalue weighted by Crippen LogP contribution is -2.26. The first kappa shape index (κ1) is 36.3. The van der Waals surface area contributed by atoms with Gasteiger partial charge in [-0.1, -0.05) is 36.1 Å². The van der Waals surface area contributed by atoms with Gasteiger partial charge in [0.1, 0.15) is 23.4 Å². The number of anilines is 2. The van der Waals surface area contributed by atoms with E-state index in [4.69, 9.17) is 9.47 Å². The molecule has 12 nitrogen and oxygen atoms in total. The number of carbonyl (C=O) groups excluding carboxylic acids is 3. The summed E-state index contributed by atoms with van der Waals surface area (Å²) in [6.07, 6.45) is 0.516. The van der Waals surface area contributed by atoms with Gasteiger partial charge in [-0.05, 0) is 77.4 Å². The molecule has 1 N–H and O–H groups in total. The van der Waals surface area contributed by atoms with Gasteiger partial charge in [0.15, 0.2) is 5.00 Å². The van der Waals surface area contributed by atoms with Crippen LogP contribution in [-0.2, 0) is 23.9 Å². The van der Waals surface area contributed by atoms with E-state index in [0.717, 1.165) is 17.0 Å². The van der Waals surface area contributed by atoms with Gasteiger partial charge in [0.05, 0.1) is 35.4 Å². The summed E-state index contributed by atoms with van der Waals surface area (Å²) in [5.41, 5.74) is 2.14. The topological polar surface area (TPSA) is 158 Å². The molecule has 47 heavy (non-hydrogen) atoms. The SMILES string of the molecule is C=C(C)C(=O)OCCCN(CC)c1ccc(/N=N/c2sc(/N=N/c3ccccc3)cc2C#N)c(NC(=O)CCOC(=O)C(C)(C)C)c1. The molecule has 0 saturated carbocycles. The Kier molecular flexibility index (Phi) is 13.5. The highest BCUT2D eigenvalue weighted by Gasteiger charge is 2.23. The molecular weight excluding hydrogens is 618 g/mol. The molecule has 3 aromatic rings. The first-order chi connectivity index (χ1) is 22.4. The van der Waals surface area contributed by atoms with E-state index in [1.807, 2.05) is 43.3 Å². The highest BCUT2D eigenvalue weighted by molar-refractivity contribution is 7.19. The van der Waals surface area contributed by atoms with Crippen LogP contribution >= 0.6 is 11.3 Å². The van der Waals surface area contributed by atoms with Crippen LogP contribution in [0.2, 0.25) is 0 Å². The predicted molar refractivity (Wildman–Crippen MR) is 182 cm³/mol. The second kappa shape index (κ2) is 17.5. The average Bonchev–Trinajstić information content (AvgIpc) is 3.45. The molecule has 1 amide bonds. The highest BCUT2D eigenvalue weighted by atomic mass is 32.1. The average molecular weight is 658 g/mol. The minimum Gasteiger partial charge on any atom is -0.465 e. The number of benzene rings is 2. The minimum absolute atomic E-state index is 0.0620. The van der Waals surface area contributed by atoms with Crippen molar-refractivity contribution in [2.45, 2.75) is 47.5 Å². The molecule has 13 heteroatoms. The first-order valence-corrected chi connectivity index (χ1v) is 15.8. The van der Waals surface area contributed by atoms with Gasteiger partial charge < -0.3 is 19.7 Å². The fraction of sp³-hybridized carbons (Fsp3) is 0.353. The van der Waals surface area contributed by atoms with E-state index in [-0.39, 0.29) is 31.1 Å². The number of nitrogens with one attached hydrogen (secondary N) is 1. The molecule has 0 aliphatic heterocycles. The van der Waals surface area contributed by atoms with Gasteiger partial charge in [-0.25, -0.2) is 4.79 Å². The molecule has 0 atom stereocenters. The number of nitriles is 1. The standard InChI is InChI=1S/C34H39N7O5S/c1-7-41(17-11-18-45-32(43)23(2)3)26-14-15-27(28(21-26)36-29(42)16-19-46-33(44)34(4,5)6)38-40-31-24(22-35)20-30(47-31)39-37-25-12-9-8-10-13-25/h8-10,12-15,20-21H,2,7,11,16-19H2,1,3-6H3,(H,36,42)/b39-37+,40-38+. The normalized spacial score (nSPS) is 11.3. The van der Waals surface area contributed by atoms with Gasteiger partial charge in [0, 0.05) is 24.4 Å². The summed E-state index contributed by atoms with van der Waals surface area (Å²) >= 11 is 1.16. The molecule has 1 aromatic heterocycles. The van der Waals surface area contributed by atoms with E-state index in [9.17, 15) is 19.6 Å². The molecule has 0 aliphatic rings. The third-order valence-corrected chi connectivity index (χ3v) is 7.32. The Morgan fingerprint density at radius 3 is 2.40 bits per heavy atom. The molecule has 0 fully saturated rings. The Morgan fingerprint density at radius 2 is 1.74 bits per heavy atom. The van der Waals surface area contributed by atoms with E-state index in [0.29, 0.717) is 52.1 Å². The molecule has 1 heterocycles. The molecule has 246 valence electrons. The van der Waals surface area contributed by atoms with Crippen LogP contribution in [-0.4, -0.2) is 44.1 Å². The number of thiophene rings is 1. The Hall–Kier alpha value is -5.22. The Morgan fingerprint density at radius 1 is 1.00 bits per heavy atom. The summed E-state index contributed by atoms with van der Waals surface area (Å²) in [5.74, 6) is -1.22. The van der Waals surface area contributed by atoms with Crippen molar-refractivity contribution in [2.75, 3.05) is 36.5 Å². The lowest BCUT2D eigenvalue weighted by Gasteiger charge is -2.24. The van der Waals surface area contributed by atoms with Crippen LogP contribution in [0.1, 0.15) is 53.0 Å². The summed E-state index contributed by atoms with van der Waals surface area (Å²) in [6.45, 7) is 13.8. The maximum atomic E-state index is 12.9. The highest BCUT2D eigenvalue weighted by Crippen LogP contribution is 2.39. The van der Waals surface area contributed by atoms with Crippen molar-refractivity contribution >= 4 is 61.9 Å². The molecule has 0 bridgehead atoms. The fourth-order valence-electron chi connectivity index (χ4n) is 3.86. The van der Waals surface area contributed by atoms with E-state index >= 15 is 0 Å². The number of esters is 2. The van der Waals surface area contributed by atoms with Gasteiger partial charge in [-0.15, -0.1) is 20.5 Å². The molecule has 0 saturated heterocycles. The van der Waals surface area contributed by atoms with Gasteiger partial charge in [0.2, 0.25) is 5.91 Å². The van der Waals surface area contributed by atoms with Gasteiger partial charge in [-0.3, -0.25) is 9.59 Å². The number of ether oxygens (including phenoxy) is 2. The summed E-state index contributed by atoms with van der Waals surface area (Å²) in [7, 11) is 0. The smallest absolute Gasteiger partial charge is 0.333 e. The predicted octanol–water partition coefficient (Wildman–Crippen LogP) is 8.70. The van der Waals surface area contributed by atoms with E-state index < -0.39 is 17.4 Å². The van der Waals surface area contributed by atoms with Crippen molar-refractivity contribution in [3.63, 3.8) is 0 Å². The number of carbonyl (C=O) groups is 3. The lowest BCUT2D eigenvalue weighted by atomic mass is 9.97. The number of hydrogen-bond acceptors (Lipinski definition) is 12. The van der Waals surface area contributed by atoms with Crippen molar-refractivity contribution in [3.8, 4) is 6.07 Å². The Bertz CT molecular complexity index is 1670. The summed E-state index contributed by atoms with van der Waals surface area (Å²) < 4.78 is 10.5. The van der Waals surface area contributed by atoms with Crippen LogP contribution in [0, 0.1) is 16.7 Å². The molecule has 0 unspecified atom stereocenters. The van der Waals surface area contributed by atoms with Crippen molar-refractivity contribution in [3.05, 3.63) is 72.3 Å². The number of azo groups is 2. The largest absolute Gasteiger partial charge is 0.465 e. The van der Waals surface area contributed by atoms with Gasteiger partial charge >= 0.3 is 11.9 Å². The van der Waals surface area contributed by atoms with Crippen molar-refractivity contribution in [1.29, 1.82) is 5.26 Å². The van der Waals surface area contributed by atoms with Gasteiger partial charge in [0.25, 0.3) is 0 Å². The number of rotatable bonds is 15. The third-order valence-electron chi connectivity index (χ3n) is 6.42. The van der Waals surface area contributed by atoms with Crippen molar-refractivity contribution in [2.24, 2.45) is 25.9 Å². The second-order valence-corrected chi connectivity index (χ2v) is 12.4. The molecule has 3 rings (SSSR count). The molecule has 2 aromatic carbocycles. The number of hydrogen-bond donors (Lipinski definition) is 1. The number of nitrogens with zero attached hydrogens (tertiary/aromatic N) is 6. The summed E-state index contributed by atoms with van der Waals surface area (Å²) in [5, 5.41) is 30.5. The lowest BCUT2D eigenvalue weighted by molar-refractivity contribution is -0.153. The molecule has 0 aliphatic carbocycles. The Balaban J connectivity index is 1.83. The first-order valence-electron chi connectivity index (χ1n) is 15.0. The zero-order valence-electron chi connectivity index (χ0n) is 27.3. The van der Waals surface area contributed by atoms with Crippen molar-refractivity contribution < 1.29 is 23.9 Å². The Labute approximate surface area is 278 Å². The molecule has 0 radical (unpaired) electrons. The van der Waals surface area contributed by atoms with Crippen LogP contribution in [0.15, 0.2) is 87.2 Å². The van der Waals surface area contributed by atoms with Crippen LogP contribution < -0.4 is 10.2 Å². The third kappa shape index (κ3) is 11.6. The minimum atomic E-state index is -0.683. The molecular formula is C34H39N7O5S. The van der Waals surface area contributed by atoms with E-state index in [1.54, 1.807) is 45.9 Å². The quantitative estimate of drug-likeness (QED) is 0.0740. The zero-order valence-corrected chi connectivity index (χ0v) is 28.1. The maximum absolute atomic E-state index is 12.9. The summed E-state index contributed by atoms with van der Waals surface area (Å²) in [6, 6.07) is 18.2. The maximum Gasteiger partial charge on any atom is 0.333 e.